The quantitative estimate of drug-likeness (QED) is 0.221. The van der Waals surface area contributed by atoms with Gasteiger partial charge in [-0.25, -0.2) is 0 Å². The smallest absolute Gasteiger partial charge is 0.318 e. The molecule has 12 heteroatoms. The molecule has 12 nitrogen and oxygen atoms in total. The van der Waals surface area contributed by atoms with Crippen molar-refractivity contribution in [3.63, 3.8) is 0 Å². The molecule has 0 saturated heterocycles. The fourth-order valence-electron chi connectivity index (χ4n) is 2.53. The van der Waals surface area contributed by atoms with Gasteiger partial charge in [-0.15, -0.1) is 0 Å². The lowest BCUT2D eigenvalue weighted by Crippen LogP contribution is -2.06. The number of rotatable bonds is 11. The van der Waals surface area contributed by atoms with Crippen LogP contribution in [0.4, 0.5) is 11.4 Å². The van der Waals surface area contributed by atoms with Crippen LogP contribution >= 0.6 is 0 Å². The van der Waals surface area contributed by atoms with Crippen LogP contribution in [0.2, 0.25) is 0 Å². The van der Waals surface area contributed by atoms with Crippen molar-refractivity contribution >= 4 is 17.3 Å². The summed E-state index contributed by atoms with van der Waals surface area (Å²) in [5, 5.41) is 22.2. The van der Waals surface area contributed by atoms with Crippen LogP contribution in [0.1, 0.15) is 12.8 Å². The summed E-state index contributed by atoms with van der Waals surface area (Å²) in [5.41, 5.74) is -1.01. The van der Waals surface area contributed by atoms with E-state index in [0.717, 1.165) is 18.2 Å². The van der Waals surface area contributed by atoms with E-state index in [-0.39, 0.29) is 47.7 Å². The van der Waals surface area contributed by atoms with E-state index in [1.807, 2.05) is 0 Å². The summed E-state index contributed by atoms with van der Waals surface area (Å²) < 4.78 is 26.4. The first kappa shape index (κ1) is 23.2. The Morgan fingerprint density at radius 2 is 1.58 bits per heavy atom. The Morgan fingerprint density at radius 1 is 0.935 bits per heavy atom. The molecule has 0 unspecified atom stereocenters. The third-order valence-electron chi connectivity index (χ3n) is 4.01. The number of hydrogen-bond donors (Lipinski definition) is 0. The lowest BCUT2D eigenvalue weighted by atomic mass is 10.2. The standard InChI is InChI=1S/C19H20N2O10/c1-27-16-10-13(11-17(28-2)19(16)30-8-4-5-18(22)29-3)31-15-7-6-12(20(23)24)9-14(15)21(25)26/h6-7,9-11H,4-5,8H2,1-3H3. The largest absolute Gasteiger partial charge is 0.493 e. The van der Waals surface area contributed by atoms with Crippen molar-refractivity contribution in [1.82, 2.24) is 0 Å². The first-order valence-corrected chi connectivity index (χ1v) is 8.87. The van der Waals surface area contributed by atoms with E-state index < -0.39 is 21.2 Å². The van der Waals surface area contributed by atoms with Gasteiger partial charge in [0.15, 0.2) is 11.5 Å². The zero-order valence-corrected chi connectivity index (χ0v) is 17.0. The van der Waals surface area contributed by atoms with Crippen LogP contribution in [0.25, 0.3) is 0 Å². The third kappa shape index (κ3) is 5.95. The molecule has 0 atom stereocenters. The van der Waals surface area contributed by atoms with Gasteiger partial charge in [-0.1, -0.05) is 0 Å². The molecule has 0 aromatic heterocycles. The average Bonchev–Trinajstić information content (AvgIpc) is 2.76. The summed E-state index contributed by atoms with van der Waals surface area (Å²) in [6.07, 6.45) is 0.568. The van der Waals surface area contributed by atoms with Crippen LogP contribution in [0, 0.1) is 20.2 Å². The molecule has 31 heavy (non-hydrogen) atoms. The van der Waals surface area contributed by atoms with Gasteiger partial charge in [0.1, 0.15) is 5.75 Å². The van der Waals surface area contributed by atoms with Crippen molar-refractivity contribution in [1.29, 1.82) is 0 Å². The maximum absolute atomic E-state index is 11.3. The van der Waals surface area contributed by atoms with Crippen molar-refractivity contribution in [2.75, 3.05) is 27.9 Å². The minimum absolute atomic E-state index is 0.118. The van der Waals surface area contributed by atoms with E-state index in [0.29, 0.717) is 6.42 Å². The number of ether oxygens (including phenoxy) is 5. The van der Waals surface area contributed by atoms with E-state index in [4.69, 9.17) is 18.9 Å². The van der Waals surface area contributed by atoms with Crippen molar-refractivity contribution < 1.29 is 38.3 Å². The second-order valence-corrected chi connectivity index (χ2v) is 5.95. The van der Waals surface area contributed by atoms with Crippen molar-refractivity contribution in [3.05, 3.63) is 50.6 Å². The fraction of sp³-hybridized carbons (Fsp3) is 0.316. The van der Waals surface area contributed by atoms with Crippen molar-refractivity contribution in [2.45, 2.75) is 12.8 Å². The number of esters is 1. The number of nitro benzene ring substituents is 2. The minimum Gasteiger partial charge on any atom is -0.493 e. The molecule has 0 spiro atoms. The lowest BCUT2D eigenvalue weighted by Gasteiger charge is -2.16. The Kier molecular flexibility index (Phi) is 7.94. The first-order valence-electron chi connectivity index (χ1n) is 8.87. The topological polar surface area (TPSA) is 150 Å². The predicted octanol–water partition coefficient (Wildman–Crippen LogP) is 3.64. The molecule has 2 aromatic carbocycles. The number of benzene rings is 2. The van der Waals surface area contributed by atoms with E-state index in [1.165, 1.54) is 33.5 Å². The van der Waals surface area contributed by atoms with E-state index >= 15 is 0 Å². The molecular formula is C19H20N2O10. The van der Waals surface area contributed by atoms with Crippen LogP contribution in [0.15, 0.2) is 30.3 Å². The second kappa shape index (κ2) is 10.6. The average molecular weight is 436 g/mol. The van der Waals surface area contributed by atoms with Crippen molar-refractivity contribution in [2.24, 2.45) is 0 Å². The number of methoxy groups -OCH3 is 3. The highest BCUT2D eigenvalue weighted by Gasteiger charge is 2.23. The van der Waals surface area contributed by atoms with E-state index in [9.17, 15) is 25.0 Å². The molecule has 0 aliphatic heterocycles. The number of carbonyl (C=O) groups is 1. The summed E-state index contributed by atoms with van der Waals surface area (Å²) >= 11 is 0. The maximum atomic E-state index is 11.3. The van der Waals surface area contributed by atoms with Crippen LogP contribution in [-0.4, -0.2) is 43.8 Å². The molecule has 0 radical (unpaired) electrons. The lowest BCUT2D eigenvalue weighted by molar-refractivity contribution is -0.394. The molecule has 0 aliphatic rings. The predicted molar refractivity (Wildman–Crippen MR) is 106 cm³/mol. The number of non-ortho nitro benzene ring substituents is 1. The summed E-state index contributed by atoms with van der Waals surface area (Å²) in [5.74, 6) is 0.240. The monoisotopic (exact) mass is 436 g/mol. The zero-order valence-electron chi connectivity index (χ0n) is 17.0. The zero-order chi connectivity index (χ0) is 23.0. The summed E-state index contributed by atoms with van der Waals surface area (Å²) in [7, 11) is 4.06. The highest BCUT2D eigenvalue weighted by atomic mass is 16.6. The van der Waals surface area contributed by atoms with Crippen LogP contribution in [-0.2, 0) is 9.53 Å². The normalized spacial score (nSPS) is 10.2. The Bertz CT molecular complexity index is 951. The number of hydrogen-bond acceptors (Lipinski definition) is 10. The van der Waals surface area contributed by atoms with E-state index in [1.54, 1.807) is 0 Å². The fourth-order valence-corrected chi connectivity index (χ4v) is 2.53. The van der Waals surface area contributed by atoms with Gasteiger partial charge in [0, 0.05) is 24.6 Å². The molecule has 0 saturated carbocycles. The summed E-state index contributed by atoms with van der Waals surface area (Å²) in [6.45, 7) is 0.176. The molecule has 0 heterocycles. The van der Waals surface area contributed by atoms with Gasteiger partial charge in [0.2, 0.25) is 11.5 Å². The van der Waals surface area contributed by atoms with E-state index in [2.05, 4.69) is 4.74 Å². The van der Waals surface area contributed by atoms with Crippen LogP contribution in [0.3, 0.4) is 0 Å². The highest BCUT2D eigenvalue weighted by Crippen LogP contribution is 2.43. The second-order valence-electron chi connectivity index (χ2n) is 5.95. The molecular weight excluding hydrogens is 416 g/mol. The molecule has 0 fully saturated rings. The molecule has 0 bridgehead atoms. The van der Waals surface area contributed by atoms with Gasteiger partial charge >= 0.3 is 11.7 Å². The molecule has 0 aliphatic carbocycles. The summed E-state index contributed by atoms with van der Waals surface area (Å²) in [6, 6.07) is 5.87. The van der Waals surface area contributed by atoms with Gasteiger partial charge in [0.05, 0.1) is 43.8 Å². The SMILES string of the molecule is COC(=O)CCCOc1c(OC)cc(Oc2ccc([N+](=O)[O-])cc2[N+](=O)[O-])cc1OC. The Hall–Kier alpha value is -4.09. The van der Waals surface area contributed by atoms with Crippen LogP contribution in [0.5, 0.6) is 28.7 Å². The first-order chi connectivity index (χ1) is 14.8. The molecule has 2 rings (SSSR count). The third-order valence-corrected chi connectivity index (χ3v) is 4.01. The van der Waals surface area contributed by atoms with Gasteiger partial charge in [-0.05, 0) is 12.5 Å². The number of nitrogens with zero attached hydrogens (tertiary/aromatic N) is 2. The maximum Gasteiger partial charge on any atom is 0.318 e. The molecule has 0 N–H and O–H groups in total. The number of nitro groups is 2. The summed E-state index contributed by atoms with van der Waals surface area (Å²) in [4.78, 5) is 31.9. The van der Waals surface area contributed by atoms with Gasteiger partial charge in [-0.3, -0.25) is 25.0 Å². The van der Waals surface area contributed by atoms with Gasteiger partial charge < -0.3 is 23.7 Å². The minimum atomic E-state index is -0.782. The Balaban J connectivity index is 2.29. The Morgan fingerprint density at radius 3 is 2.10 bits per heavy atom. The Labute approximate surface area is 176 Å². The molecule has 166 valence electrons. The number of carbonyl (C=O) groups excluding carboxylic acids is 1. The molecule has 2 aromatic rings. The molecule has 0 amide bonds. The highest BCUT2D eigenvalue weighted by molar-refractivity contribution is 5.69. The van der Waals surface area contributed by atoms with Crippen molar-refractivity contribution in [3.8, 4) is 28.7 Å². The van der Waals surface area contributed by atoms with Crippen LogP contribution < -0.4 is 18.9 Å². The van der Waals surface area contributed by atoms with Gasteiger partial charge in [-0.2, -0.15) is 0 Å². The van der Waals surface area contributed by atoms with Gasteiger partial charge in [0.25, 0.3) is 5.69 Å².